The van der Waals surface area contributed by atoms with Gasteiger partial charge in [-0.15, -0.1) is 0 Å². The lowest BCUT2D eigenvalue weighted by atomic mass is 10.1. The molecule has 0 radical (unpaired) electrons. The van der Waals surface area contributed by atoms with E-state index in [0.717, 1.165) is 24.5 Å². The van der Waals surface area contributed by atoms with Crippen molar-refractivity contribution in [3.8, 4) is 0 Å². The molecule has 3 heteroatoms. The average molecular weight is 163 g/mol. The van der Waals surface area contributed by atoms with Crippen LogP contribution in [0.15, 0.2) is 0 Å². The van der Waals surface area contributed by atoms with Crippen molar-refractivity contribution in [2.75, 3.05) is 18.1 Å². The Kier molecular flexibility index (Phi) is 5.13. The zero-order valence-electron chi connectivity index (χ0n) is 6.76. The molecule has 0 fully saturated rings. The molecule has 0 amide bonds. The summed E-state index contributed by atoms with van der Waals surface area (Å²) in [5, 5.41) is 9.27. The molecule has 0 atom stereocenters. The molecule has 0 spiro atoms. The Morgan fingerprint density at radius 2 is 2.00 bits per heavy atom. The van der Waals surface area contributed by atoms with Gasteiger partial charge in [0.2, 0.25) is 0 Å². The van der Waals surface area contributed by atoms with Gasteiger partial charge in [0.05, 0.1) is 5.60 Å². The first-order valence-corrected chi connectivity index (χ1v) is 4.72. The topological polar surface area (TPSA) is 46.2 Å². The number of aliphatic hydroxyl groups is 1. The number of nitrogens with two attached hydrogens (primary N) is 1. The smallest absolute Gasteiger partial charge is 0.0599 e. The molecule has 0 aromatic carbocycles. The molecule has 0 aromatic rings. The van der Waals surface area contributed by atoms with Crippen LogP contribution in [0.5, 0.6) is 0 Å². The number of hydrogen-bond acceptors (Lipinski definition) is 3. The van der Waals surface area contributed by atoms with Gasteiger partial charge in [-0.05, 0) is 26.0 Å². The maximum Gasteiger partial charge on any atom is 0.0599 e. The van der Waals surface area contributed by atoms with Crippen LogP contribution in [0, 0.1) is 0 Å². The van der Waals surface area contributed by atoms with Gasteiger partial charge in [0.1, 0.15) is 0 Å². The van der Waals surface area contributed by atoms with E-state index in [1.165, 1.54) is 0 Å². The lowest BCUT2D eigenvalue weighted by Gasteiger charge is -2.15. The fourth-order valence-electron chi connectivity index (χ4n) is 0.507. The highest BCUT2D eigenvalue weighted by molar-refractivity contribution is 7.99. The molecule has 10 heavy (non-hydrogen) atoms. The van der Waals surface area contributed by atoms with E-state index in [4.69, 9.17) is 5.73 Å². The maximum atomic E-state index is 9.27. The van der Waals surface area contributed by atoms with Gasteiger partial charge in [-0.3, -0.25) is 0 Å². The highest BCUT2D eigenvalue weighted by Crippen LogP contribution is 2.11. The van der Waals surface area contributed by atoms with E-state index in [0.29, 0.717) is 0 Å². The first-order valence-electron chi connectivity index (χ1n) is 3.56. The van der Waals surface area contributed by atoms with Crippen molar-refractivity contribution in [2.45, 2.75) is 25.9 Å². The van der Waals surface area contributed by atoms with Gasteiger partial charge in [-0.25, -0.2) is 0 Å². The molecule has 0 aliphatic heterocycles. The van der Waals surface area contributed by atoms with E-state index < -0.39 is 5.60 Å². The van der Waals surface area contributed by atoms with Crippen LogP contribution in [-0.2, 0) is 0 Å². The van der Waals surface area contributed by atoms with Crippen molar-refractivity contribution >= 4 is 11.8 Å². The van der Waals surface area contributed by atoms with Gasteiger partial charge in [0, 0.05) is 12.3 Å². The summed E-state index contributed by atoms with van der Waals surface area (Å²) < 4.78 is 0. The van der Waals surface area contributed by atoms with Gasteiger partial charge < -0.3 is 10.8 Å². The molecule has 0 saturated carbocycles. The molecule has 0 unspecified atom stereocenters. The second-order valence-corrected chi connectivity index (χ2v) is 4.19. The van der Waals surface area contributed by atoms with Crippen LogP contribution in [0.3, 0.4) is 0 Å². The summed E-state index contributed by atoms with van der Waals surface area (Å²) in [7, 11) is 0. The van der Waals surface area contributed by atoms with E-state index in [-0.39, 0.29) is 0 Å². The van der Waals surface area contributed by atoms with E-state index in [1.807, 2.05) is 13.8 Å². The predicted molar refractivity (Wildman–Crippen MR) is 47.3 cm³/mol. The van der Waals surface area contributed by atoms with Crippen LogP contribution in [-0.4, -0.2) is 28.8 Å². The maximum absolute atomic E-state index is 9.27. The zero-order chi connectivity index (χ0) is 8.04. The first-order chi connectivity index (χ1) is 4.56. The van der Waals surface area contributed by atoms with E-state index in [2.05, 4.69) is 0 Å². The first kappa shape index (κ1) is 10.3. The number of hydrogen-bond donors (Lipinski definition) is 2. The van der Waals surface area contributed by atoms with E-state index >= 15 is 0 Å². The Hall–Kier alpha value is 0.270. The molecule has 0 aromatic heterocycles. The standard InChI is InChI=1S/C7H17NOS/c1-7(2,9)3-5-10-6-4-8/h9H,3-6,8H2,1-2H3. The van der Waals surface area contributed by atoms with E-state index in [9.17, 15) is 5.11 Å². The minimum atomic E-state index is -0.512. The quantitative estimate of drug-likeness (QED) is 0.590. The fourth-order valence-corrected chi connectivity index (χ4v) is 1.52. The lowest BCUT2D eigenvalue weighted by molar-refractivity contribution is 0.0778. The monoisotopic (exact) mass is 163 g/mol. The Morgan fingerprint density at radius 1 is 1.40 bits per heavy atom. The van der Waals surface area contributed by atoms with Gasteiger partial charge in [0.25, 0.3) is 0 Å². The minimum absolute atomic E-state index is 0.512. The van der Waals surface area contributed by atoms with Gasteiger partial charge in [-0.1, -0.05) is 0 Å². The third-order valence-electron chi connectivity index (χ3n) is 1.12. The Bertz CT molecular complexity index is 80.2. The van der Waals surface area contributed by atoms with E-state index in [1.54, 1.807) is 11.8 Å². The molecular weight excluding hydrogens is 146 g/mol. The van der Waals surface area contributed by atoms with Crippen LogP contribution in [0.4, 0.5) is 0 Å². The lowest BCUT2D eigenvalue weighted by Crippen LogP contribution is -2.19. The molecule has 0 aliphatic rings. The number of thioether (sulfide) groups is 1. The molecular formula is C7H17NOS. The van der Waals surface area contributed by atoms with Crippen LogP contribution >= 0.6 is 11.8 Å². The van der Waals surface area contributed by atoms with Gasteiger partial charge >= 0.3 is 0 Å². The largest absolute Gasteiger partial charge is 0.390 e. The molecule has 0 saturated heterocycles. The highest BCUT2D eigenvalue weighted by Gasteiger charge is 2.10. The number of rotatable bonds is 5. The van der Waals surface area contributed by atoms with Crippen LogP contribution < -0.4 is 5.73 Å². The molecule has 3 N–H and O–H groups in total. The zero-order valence-corrected chi connectivity index (χ0v) is 7.58. The predicted octanol–water partition coefficient (Wildman–Crippen LogP) is 0.839. The Labute approximate surface area is 67.2 Å². The summed E-state index contributed by atoms with van der Waals surface area (Å²) in [6.45, 7) is 4.39. The van der Waals surface area contributed by atoms with Crippen molar-refractivity contribution in [3.63, 3.8) is 0 Å². The van der Waals surface area contributed by atoms with Gasteiger partial charge in [-0.2, -0.15) is 11.8 Å². The fraction of sp³-hybridized carbons (Fsp3) is 1.00. The summed E-state index contributed by atoms with van der Waals surface area (Å²) in [6, 6.07) is 0. The third kappa shape index (κ3) is 8.27. The molecule has 0 rings (SSSR count). The Balaban J connectivity index is 3.04. The van der Waals surface area contributed by atoms with Crippen molar-refractivity contribution < 1.29 is 5.11 Å². The molecule has 0 bridgehead atoms. The second-order valence-electron chi connectivity index (χ2n) is 2.96. The summed E-state index contributed by atoms with van der Waals surface area (Å²) in [5.74, 6) is 2.00. The summed E-state index contributed by atoms with van der Waals surface area (Å²) >= 11 is 1.80. The molecule has 0 heterocycles. The summed E-state index contributed by atoms with van der Waals surface area (Å²) in [6.07, 6.45) is 0.845. The normalized spacial score (nSPS) is 12.0. The van der Waals surface area contributed by atoms with Crippen LogP contribution in [0.1, 0.15) is 20.3 Å². The third-order valence-corrected chi connectivity index (χ3v) is 2.14. The minimum Gasteiger partial charge on any atom is -0.390 e. The molecule has 2 nitrogen and oxygen atoms in total. The van der Waals surface area contributed by atoms with Crippen LogP contribution in [0.2, 0.25) is 0 Å². The van der Waals surface area contributed by atoms with Crippen molar-refractivity contribution in [2.24, 2.45) is 5.73 Å². The molecule has 62 valence electrons. The molecule has 0 aliphatic carbocycles. The van der Waals surface area contributed by atoms with Gasteiger partial charge in [0.15, 0.2) is 0 Å². The summed E-state index contributed by atoms with van der Waals surface area (Å²) in [4.78, 5) is 0. The van der Waals surface area contributed by atoms with Crippen molar-refractivity contribution in [3.05, 3.63) is 0 Å². The van der Waals surface area contributed by atoms with Crippen molar-refractivity contribution in [1.82, 2.24) is 0 Å². The average Bonchev–Trinajstić information content (AvgIpc) is 1.78. The SMILES string of the molecule is CC(C)(O)CCSCCN. The van der Waals surface area contributed by atoms with Crippen LogP contribution in [0.25, 0.3) is 0 Å². The summed E-state index contributed by atoms with van der Waals surface area (Å²) in [5.41, 5.74) is 4.78. The Morgan fingerprint density at radius 3 is 2.40 bits per heavy atom. The van der Waals surface area contributed by atoms with Crippen molar-refractivity contribution in [1.29, 1.82) is 0 Å². The highest BCUT2D eigenvalue weighted by atomic mass is 32.2. The second kappa shape index (κ2) is 4.99.